The van der Waals surface area contributed by atoms with Crippen molar-refractivity contribution >= 4 is 17.7 Å². The lowest BCUT2D eigenvalue weighted by Gasteiger charge is -2.07. The number of carbonyl (C=O) groups excluding carboxylic acids is 1. The summed E-state index contributed by atoms with van der Waals surface area (Å²) in [5.41, 5.74) is 1.17. The summed E-state index contributed by atoms with van der Waals surface area (Å²) < 4.78 is 20.5. The van der Waals surface area contributed by atoms with Crippen LogP contribution < -0.4 is 14.2 Å². The van der Waals surface area contributed by atoms with E-state index in [0.717, 1.165) is 18.6 Å². The predicted octanol–water partition coefficient (Wildman–Crippen LogP) is 2.77. The van der Waals surface area contributed by atoms with Crippen LogP contribution in [0.25, 0.3) is 0 Å². The first-order chi connectivity index (χ1) is 12.6. The van der Waals surface area contributed by atoms with E-state index in [2.05, 4.69) is 9.97 Å². The van der Waals surface area contributed by atoms with Crippen LogP contribution in [0.3, 0.4) is 0 Å². The molecule has 0 aliphatic carbocycles. The second-order valence-corrected chi connectivity index (χ2v) is 6.14. The summed E-state index contributed by atoms with van der Waals surface area (Å²) in [4.78, 5) is 20.1. The third-order valence-corrected chi connectivity index (χ3v) is 4.25. The van der Waals surface area contributed by atoms with Crippen molar-refractivity contribution in [2.75, 3.05) is 33.7 Å². The Morgan fingerprint density at radius 3 is 2.23 bits per heavy atom. The normalized spacial score (nSPS) is 10.3. The maximum absolute atomic E-state index is 11.8. The Morgan fingerprint density at radius 2 is 1.65 bits per heavy atom. The summed E-state index contributed by atoms with van der Waals surface area (Å²) in [6.07, 6.45) is 1.59. The lowest BCUT2D eigenvalue weighted by molar-refractivity contribution is -0.140. The molecule has 0 aliphatic heterocycles. The molecule has 140 valence electrons. The molecule has 1 heterocycles. The molecule has 1 aromatic heterocycles. The lowest BCUT2D eigenvalue weighted by atomic mass is 10.1. The van der Waals surface area contributed by atoms with Crippen LogP contribution in [-0.2, 0) is 16.0 Å². The fourth-order valence-electron chi connectivity index (χ4n) is 2.08. The lowest BCUT2D eigenvalue weighted by Crippen LogP contribution is -2.09. The van der Waals surface area contributed by atoms with Crippen molar-refractivity contribution in [1.29, 1.82) is 0 Å². The summed E-state index contributed by atoms with van der Waals surface area (Å²) >= 11 is 1.18. The molecule has 0 unspecified atom stereocenters. The quantitative estimate of drug-likeness (QED) is 0.270. The van der Waals surface area contributed by atoms with Gasteiger partial charge in [-0.15, -0.1) is 0 Å². The number of ether oxygens (including phenoxy) is 4. The molecule has 0 radical (unpaired) electrons. The fraction of sp³-hybridized carbons (Fsp3) is 0.389. The van der Waals surface area contributed by atoms with Gasteiger partial charge in [-0.1, -0.05) is 23.9 Å². The van der Waals surface area contributed by atoms with Crippen molar-refractivity contribution in [3.8, 4) is 17.5 Å². The van der Waals surface area contributed by atoms with E-state index >= 15 is 0 Å². The maximum Gasteiger partial charge on any atom is 0.316 e. The van der Waals surface area contributed by atoms with Crippen molar-refractivity contribution < 1.29 is 23.7 Å². The highest BCUT2D eigenvalue weighted by Crippen LogP contribution is 2.21. The van der Waals surface area contributed by atoms with Gasteiger partial charge in [0.1, 0.15) is 5.75 Å². The molecular weight excluding hydrogens is 356 g/mol. The third kappa shape index (κ3) is 6.44. The van der Waals surface area contributed by atoms with Gasteiger partial charge in [0.15, 0.2) is 5.16 Å². The van der Waals surface area contributed by atoms with Gasteiger partial charge < -0.3 is 18.9 Å². The zero-order chi connectivity index (χ0) is 18.8. The van der Waals surface area contributed by atoms with E-state index in [1.54, 1.807) is 13.2 Å². The molecule has 8 heteroatoms. The summed E-state index contributed by atoms with van der Waals surface area (Å²) in [5, 5.41) is 0.399. The third-order valence-electron chi connectivity index (χ3n) is 3.43. The number of hydrogen-bond acceptors (Lipinski definition) is 8. The Labute approximate surface area is 157 Å². The van der Waals surface area contributed by atoms with E-state index in [4.69, 9.17) is 18.9 Å². The zero-order valence-electron chi connectivity index (χ0n) is 15.1. The SMILES string of the molecule is COc1ccc(CCCOC(=O)CSc2nc(OC)cc(OC)n2)cc1. The Hall–Kier alpha value is -2.48. The number of aryl methyl sites for hydroxylation is 1. The molecule has 0 atom stereocenters. The molecule has 0 saturated heterocycles. The minimum atomic E-state index is -0.310. The summed E-state index contributed by atoms with van der Waals surface area (Å²) in [5.74, 6) is 1.40. The minimum absolute atomic E-state index is 0.124. The van der Waals surface area contributed by atoms with Crippen molar-refractivity contribution in [3.63, 3.8) is 0 Å². The van der Waals surface area contributed by atoms with Crippen molar-refractivity contribution in [3.05, 3.63) is 35.9 Å². The first-order valence-electron chi connectivity index (χ1n) is 8.03. The highest BCUT2D eigenvalue weighted by atomic mass is 32.2. The second-order valence-electron chi connectivity index (χ2n) is 5.20. The number of thioether (sulfide) groups is 1. The molecule has 7 nitrogen and oxygen atoms in total. The van der Waals surface area contributed by atoms with E-state index in [0.29, 0.717) is 23.5 Å². The number of methoxy groups -OCH3 is 3. The van der Waals surface area contributed by atoms with E-state index in [-0.39, 0.29) is 11.7 Å². The minimum Gasteiger partial charge on any atom is -0.497 e. The van der Waals surface area contributed by atoms with Crippen LogP contribution in [0.5, 0.6) is 17.5 Å². The van der Waals surface area contributed by atoms with Crippen LogP contribution in [0.15, 0.2) is 35.5 Å². The second kappa shape index (κ2) is 10.5. The molecule has 0 aliphatic rings. The average Bonchev–Trinajstić information content (AvgIpc) is 2.69. The van der Waals surface area contributed by atoms with Crippen LogP contribution in [0.2, 0.25) is 0 Å². The molecule has 26 heavy (non-hydrogen) atoms. The monoisotopic (exact) mass is 378 g/mol. The van der Waals surface area contributed by atoms with Gasteiger partial charge in [-0.2, -0.15) is 9.97 Å². The average molecular weight is 378 g/mol. The first kappa shape index (κ1) is 19.8. The number of esters is 1. The van der Waals surface area contributed by atoms with Crippen LogP contribution >= 0.6 is 11.8 Å². The van der Waals surface area contributed by atoms with Gasteiger partial charge in [-0.3, -0.25) is 4.79 Å². The van der Waals surface area contributed by atoms with E-state index in [1.807, 2.05) is 24.3 Å². The number of rotatable bonds is 10. The van der Waals surface area contributed by atoms with Crippen LogP contribution in [0.1, 0.15) is 12.0 Å². The molecular formula is C18H22N2O5S. The Bertz CT molecular complexity index is 687. The summed E-state index contributed by atoms with van der Waals surface area (Å²) in [6.45, 7) is 0.369. The summed E-state index contributed by atoms with van der Waals surface area (Å²) in [7, 11) is 4.65. The number of benzene rings is 1. The van der Waals surface area contributed by atoms with E-state index in [1.165, 1.54) is 31.5 Å². The fourth-order valence-corrected chi connectivity index (χ4v) is 2.72. The van der Waals surface area contributed by atoms with Gasteiger partial charge in [-0.05, 0) is 30.5 Å². The summed E-state index contributed by atoms with van der Waals surface area (Å²) in [6, 6.07) is 9.41. The topological polar surface area (TPSA) is 79.8 Å². The first-order valence-corrected chi connectivity index (χ1v) is 9.01. The number of carbonyl (C=O) groups is 1. The molecule has 0 fully saturated rings. The Morgan fingerprint density at radius 1 is 1.00 bits per heavy atom. The van der Waals surface area contributed by atoms with Crippen LogP contribution in [-0.4, -0.2) is 49.6 Å². The van der Waals surface area contributed by atoms with Crippen LogP contribution in [0.4, 0.5) is 0 Å². The van der Waals surface area contributed by atoms with Crippen molar-refractivity contribution in [1.82, 2.24) is 9.97 Å². The van der Waals surface area contributed by atoms with Gasteiger partial charge in [-0.25, -0.2) is 0 Å². The molecule has 0 saturated carbocycles. The highest BCUT2D eigenvalue weighted by molar-refractivity contribution is 7.99. The molecule has 2 aromatic rings. The number of nitrogens with zero attached hydrogens (tertiary/aromatic N) is 2. The Balaban J connectivity index is 1.70. The van der Waals surface area contributed by atoms with E-state index in [9.17, 15) is 4.79 Å². The van der Waals surface area contributed by atoms with Crippen LogP contribution in [0, 0.1) is 0 Å². The van der Waals surface area contributed by atoms with Gasteiger partial charge in [0.2, 0.25) is 11.8 Å². The molecule has 0 spiro atoms. The zero-order valence-corrected chi connectivity index (χ0v) is 15.9. The smallest absolute Gasteiger partial charge is 0.316 e. The predicted molar refractivity (Wildman–Crippen MR) is 98.1 cm³/mol. The molecule has 0 N–H and O–H groups in total. The van der Waals surface area contributed by atoms with Gasteiger partial charge in [0.25, 0.3) is 0 Å². The van der Waals surface area contributed by atoms with Crippen molar-refractivity contribution in [2.45, 2.75) is 18.0 Å². The number of aromatic nitrogens is 2. The molecule has 0 amide bonds. The standard InChI is InChI=1S/C18H22N2O5S/c1-22-14-8-6-13(7-9-14)5-4-10-25-17(21)12-26-18-19-15(23-2)11-16(20-18)24-3/h6-9,11H,4-5,10,12H2,1-3H3. The molecule has 2 rings (SSSR count). The van der Waals surface area contributed by atoms with E-state index < -0.39 is 0 Å². The van der Waals surface area contributed by atoms with Gasteiger partial charge in [0.05, 0.1) is 39.8 Å². The maximum atomic E-state index is 11.8. The van der Waals surface area contributed by atoms with Gasteiger partial charge >= 0.3 is 5.97 Å². The van der Waals surface area contributed by atoms with Gasteiger partial charge in [0, 0.05) is 0 Å². The molecule has 1 aromatic carbocycles. The largest absolute Gasteiger partial charge is 0.497 e. The number of hydrogen-bond donors (Lipinski definition) is 0. The Kier molecular flexibility index (Phi) is 8.01. The van der Waals surface area contributed by atoms with Crippen molar-refractivity contribution in [2.24, 2.45) is 0 Å². The molecule has 0 bridgehead atoms. The highest BCUT2D eigenvalue weighted by Gasteiger charge is 2.10.